The van der Waals surface area contributed by atoms with Crippen LogP contribution in [0.1, 0.15) is 26.2 Å². The Morgan fingerprint density at radius 2 is 2.07 bits per heavy atom. The Hall–Kier alpha value is -1.50. The molecule has 0 aromatic carbocycles. The maximum Gasteiger partial charge on any atom is 0.303 e. The third kappa shape index (κ3) is 5.20. The Morgan fingerprint density at radius 1 is 1.43 bits per heavy atom. The lowest BCUT2D eigenvalue weighted by Crippen LogP contribution is -2.30. The first kappa shape index (κ1) is 12.5. The van der Waals surface area contributed by atoms with E-state index >= 15 is 0 Å². The molecule has 4 heteroatoms. The number of carboxylic acids is 1. The van der Waals surface area contributed by atoms with Gasteiger partial charge in [0.1, 0.15) is 0 Å². The van der Waals surface area contributed by atoms with Crippen LogP contribution in [0.25, 0.3) is 0 Å². The van der Waals surface area contributed by atoms with Crippen molar-refractivity contribution in [1.29, 1.82) is 0 Å². The van der Waals surface area contributed by atoms with Gasteiger partial charge in [0.2, 0.25) is 5.91 Å². The fraction of sp³-hybridized carbons (Fsp3) is 0.600. The molecule has 0 heterocycles. The van der Waals surface area contributed by atoms with E-state index in [4.69, 9.17) is 11.5 Å². The van der Waals surface area contributed by atoms with Gasteiger partial charge in [0, 0.05) is 19.4 Å². The zero-order valence-corrected chi connectivity index (χ0v) is 8.32. The summed E-state index contributed by atoms with van der Waals surface area (Å²) in [5, 5.41) is 8.37. The number of carbonyl (C=O) groups excluding carboxylic acids is 1. The van der Waals surface area contributed by atoms with E-state index in [1.807, 2.05) is 6.92 Å². The van der Waals surface area contributed by atoms with E-state index in [9.17, 15) is 9.59 Å². The number of rotatable bonds is 6. The minimum Gasteiger partial charge on any atom is -0.481 e. The van der Waals surface area contributed by atoms with Crippen molar-refractivity contribution in [2.24, 2.45) is 0 Å². The van der Waals surface area contributed by atoms with Gasteiger partial charge in [-0.1, -0.05) is 5.92 Å². The topological polar surface area (TPSA) is 57.6 Å². The van der Waals surface area contributed by atoms with Crippen molar-refractivity contribution in [3.05, 3.63) is 0 Å². The molecule has 0 aliphatic carbocycles. The average molecular weight is 197 g/mol. The predicted molar refractivity (Wildman–Crippen MR) is 52.6 cm³/mol. The highest BCUT2D eigenvalue weighted by Crippen LogP contribution is 2.00. The number of carbonyl (C=O) groups is 2. The van der Waals surface area contributed by atoms with Gasteiger partial charge in [0.05, 0.1) is 6.54 Å². The van der Waals surface area contributed by atoms with Crippen molar-refractivity contribution < 1.29 is 14.7 Å². The van der Waals surface area contributed by atoms with Crippen LogP contribution in [0.4, 0.5) is 0 Å². The van der Waals surface area contributed by atoms with Crippen LogP contribution in [-0.4, -0.2) is 35.0 Å². The highest BCUT2D eigenvalue weighted by atomic mass is 16.4. The smallest absolute Gasteiger partial charge is 0.303 e. The quantitative estimate of drug-likeness (QED) is 0.638. The van der Waals surface area contributed by atoms with Gasteiger partial charge in [-0.3, -0.25) is 9.59 Å². The maximum atomic E-state index is 11.4. The largest absolute Gasteiger partial charge is 0.481 e. The summed E-state index contributed by atoms with van der Waals surface area (Å²) in [6.45, 7) is 2.70. The molecule has 1 N–H and O–H groups in total. The third-order valence-electron chi connectivity index (χ3n) is 1.80. The normalized spacial score (nSPS) is 9.14. The minimum absolute atomic E-state index is 0.0271. The van der Waals surface area contributed by atoms with E-state index in [0.29, 0.717) is 19.5 Å². The van der Waals surface area contributed by atoms with Crippen LogP contribution in [0.3, 0.4) is 0 Å². The summed E-state index contributed by atoms with van der Waals surface area (Å²) in [6.07, 6.45) is 5.73. The summed E-state index contributed by atoms with van der Waals surface area (Å²) in [6, 6.07) is 0. The van der Waals surface area contributed by atoms with Crippen LogP contribution in [0, 0.1) is 12.3 Å². The first-order chi connectivity index (χ1) is 6.61. The Kier molecular flexibility index (Phi) is 6.21. The van der Waals surface area contributed by atoms with Crippen LogP contribution >= 0.6 is 0 Å². The number of amides is 1. The van der Waals surface area contributed by atoms with Crippen molar-refractivity contribution in [3.8, 4) is 12.3 Å². The van der Waals surface area contributed by atoms with Crippen molar-refractivity contribution in [2.75, 3.05) is 13.1 Å². The summed E-state index contributed by atoms with van der Waals surface area (Å²) < 4.78 is 0. The first-order valence-corrected chi connectivity index (χ1v) is 4.54. The van der Waals surface area contributed by atoms with Crippen molar-refractivity contribution in [2.45, 2.75) is 26.2 Å². The summed E-state index contributed by atoms with van der Waals surface area (Å²) in [4.78, 5) is 23.1. The molecule has 0 unspecified atom stereocenters. The zero-order chi connectivity index (χ0) is 11.0. The molecular formula is C10H15NO3. The van der Waals surface area contributed by atoms with Gasteiger partial charge in [-0.2, -0.15) is 0 Å². The second-order valence-corrected chi connectivity index (χ2v) is 2.86. The molecule has 0 atom stereocenters. The second kappa shape index (κ2) is 6.96. The predicted octanol–water partition coefficient (Wildman–Crippen LogP) is 0.723. The fourth-order valence-electron chi connectivity index (χ4n) is 1.04. The first-order valence-electron chi connectivity index (χ1n) is 4.54. The highest BCUT2D eigenvalue weighted by molar-refractivity contribution is 5.77. The fourth-order valence-corrected chi connectivity index (χ4v) is 1.04. The Bertz CT molecular complexity index is 242. The number of terminal acetylenes is 1. The molecule has 0 saturated carbocycles. The number of nitrogens with zero attached hydrogens (tertiary/aromatic N) is 1. The van der Waals surface area contributed by atoms with E-state index in [1.54, 1.807) is 0 Å². The second-order valence-electron chi connectivity index (χ2n) is 2.86. The van der Waals surface area contributed by atoms with Crippen LogP contribution < -0.4 is 0 Å². The average Bonchev–Trinajstić information content (AvgIpc) is 2.13. The third-order valence-corrected chi connectivity index (χ3v) is 1.80. The van der Waals surface area contributed by atoms with Crippen LogP contribution in [0.2, 0.25) is 0 Å². The Labute approximate surface area is 83.9 Å². The number of aliphatic carboxylic acids is 1. The molecule has 78 valence electrons. The van der Waals surface area contributed by atoms with Gasteiger partial charge >= 0.3 is 5.97 Å². The Morgan fingerprint density at radius 3 is 2.50 bits per heavy atom. The van der Waals surface area contributed by atoms with Crippen LogP contribution in [0.5, 0.6) is 0 Å². The Balaban J connectivity index is 3.82. The lowest BCUT2D eigenvalue weighted by Gasteiger charge is -2.17. The monoisotopic (exact) mass is 197 g/mol. The van der Waals surface area contributed by atoms with Crippen LogP contribution in [0.15, 0.2) is 0 Å². The molecule has 0 rings (SSSR count). The van der Waals surface area contributed by atoms with Crippen molar-refractivity contribution in [3.63, 3.8) is 0 Å². The van der Waals surface area contributed by atoms with Gasteiger partial charge in [-0.05, 0) is 13.3 Å². The molecule has 0 bridgehead atoms. The molecule has 0 aromatic heterocycles. The van der Waals surface area contributed by atoms with E-state index in [1.165, 1.54) is 4.90 Å². The zero-order valence-electron chi connectivity index (χ0n) is 8.32. The van der Waals surface area contributed by atoms with Gasteiger partial charge < -0.3 is 10.0 Å². The van der Waals surface area contributed by atoms with Gasteiger partial charge in [0.15, 0.2) is 0 Å². The van der Waals surface area contributed by atoms with Crippen LogP contribution in [-0.2, 0) is 9.59 Å². The van der Waals surface area contributed by atoms with E-state index in [0.717, 1.165) is 0 Å². The maximum absolute atomic E-state index is 11.4. The molecule has 14 heavy (non-hydrogen) atoms. The standard InChI is InChI=1S/C10H15NO3/c1-3-8-11(4-2)9(12)6-5-7-10(13)14/h1H,4-8H2,2H3,(H,13,14). The highest BCUT2D eigenvalue weighted by Gasteiger charge is 2.10. The van der Waals surface area contributed by atoms with E-state index in [-0.39, 0.29) is 18.7 Å². The van der Waals surface area contributed by atoms with E-state index in [2.05, 4.69) is 5.92 Å². The van der Waals surface area contributed by atoms with Gasteiger partial charge in [-0.25, -0.2) is 0 Å². The molecule has 0 fully saturated rings. The van der Waals surface area contributed by atoms with Gasteiger partial charge in [0.25, 0.3) is 0 Å². The lowest BCUT2D eigenvalue weighted by molar-refractivity contribution is -0.137. The summed E-state index contributed by atoms with van der Waals surface area (Å²) in [7, 11) is 0. The molecule has 1 amide bonds. The summed E-state index contributed by atoms with van der Waals surface area (Å²) in [5.74, 6) is 1.43. The molecule has 0 radical (unpaired) electrons. The number of hydrogen-bond acceptors (Lipinski definition) is 2. The SMILES string of the molecule is C#CCN(CC)C(=O)CCCC(=O)O. The molecular weight excluding hydrogens is 182 g/mol. The summed E-state index contributed by atoms with van der Waals surface area (Å²) in [5.41, 5.74) is 0. The van der Waals surface area contributed by atoms with E-state index < -0.39 is 5.97 Å². The number of carboxylic acid groups (broad SMARTS) is 1. The minimum atomic E-state index is -0.877. The molecule has 0 aliphatic rings. The summed E-state index contributed by atoms with van der Waals surface area (Å²) >= 11 is 0. The molecule has 0 aliphatic heterocycles. The molecule has 0 aromatic rings. The number of hydrogen-bond donors (Lipinski definition) is 1. The van der Waals surface area contributed by atoms with Crippen molar-refractivity contribution >= 4 is 11.9 Å². The van der Waals surface area contributed by atoms with Crippen molar-refractivity contribution in [1.82, 2.24) is 4.90 Å². The molecule has 4 nitrogen and oxygen atoms in total. The molecule has 0 spiro atoms. The van der Waals surface area contributed by atoms with Gasteiger partial charge in [-0.15, -0.1) is 6.42 Å². The molecule has 0 saturated heterocycles. The lowest BCUT2D eigenvalue weighted by atomic mass is 10.2.